The summed E-state index contributed by atoms with van der Waals surface area (Å²) < 4.78 is 23.9. The maximum absolute atomic E-state index is 13.1. The molecular formula is C20H29FN2O3. The van der Waals surface area contributed by atoms with Gasteiger partial charge in [-0.15, -0.1) is 0 Å². The first kappa shape index (κ1) is 19.3. The molecule has 0 bridgehead atoms. The predicted molar refractivity (Wildman–Crippen MR) is 97.5 cm³/mol. The SMILES string of the molecule is O=C(Cc1ccc(F)cc1)N(CCCN1CCOCC1)C1CCOCC1. The molecule has 1 aromatic rings. The molecular weight excluding hydrogens is 335 g/mol. The summed E-state index contributed by atoms with van der Waals surface area (Å²) in [5, 5.41) is 0. The number of morpholine rings is 1. The van der Waals surface area contributed by atoms with E-state index in [9.17, 15) is 9.18 Å². The number of hydrogen-bond donors (Lipinski definition) is 0. The summed E-state index contributed by atoms with van der Waals surface area (Å²) in [5.74, 6) is -0.140. The number of rotatable bonds is 7. The third-order valence-corrected chi connectivity index (χ3v) is 5.20. The van der Waals surface area contributed by atoms with Crippen molar-refractivity contribution in [3.05, 3.63) is 35.6 Å². The largest absolute Gasteiger partial charge is 0.381 e. The van der Waals surface area contributed by atoms with E-state index in [1.807, 2.05) is 4.90 Å². The zero-order valence-corrected chi connectivity index (χ0v) is 15.4. The molecule has 0 aliphatic carbocycles. The highest BCUT2D eigenvalue weighted by Gasteiger charge is 2.25. The lowest BCUT2D eigenvalue weighted by atomic mass is 10.0. The molecule has 2 fully saturated rings. The number of nitrogens with zero attached hydrogens (tertiary/aromatic N) is 2. The first-order valence-electron chi connectivity index (χ1n) is 9.64. The lowest BCUT2D eigenvalue weighted by molar-refractivity contribution is -0.134. The van der Waals surface area contributed by atoms with Gasteiger partial charge >= 0.3 is 0 Å². The molecule has 2 aliphatic rings. The monoisotopic (exact) mass is 364 g/mol. The summed E-state index contributed by atoms with van der Waals surface area (Å²) in [4.78, 5) is 17.4. The van der Waals surface area contributed by atoms with E-state index in [1.165, 1.54) is 12.1 Å². The minimum Gasteiger partial charge on any atom is -0.381 e. The lowest BCUT2D eigenvalue weighted by Gasteiger charge is -2.35. The summed E-state index contributed by atoms with van der Waals surface area (Å²) in [6, 6.07) is 6.48. The summed E-state index contributed by atoms with van der Waals surface area (Å²) >= 11 is 0. The maximum atomic E-state index is 13.1. The van der Waals surface area contributed by atoms with E-state index in [0.717, 1.165) is 64.2 Å². The van der Waals surface area contributed by atoms with Gasteiger partial charge in [-0.2, -0.15) is 0 Å². The first-order valence-corrected chi connectivity index (χ1v) is 9.64. The van der Waals surface area contributed by atoms with Crippen molar-refractivity contribution < 1.29 is 18.7 Å². The van der Waals surface area contributed by atoms with Crippen LogP contribution in [0.5, 0.6) is 0 Å². The molecule has 3 rings (SSSR count). The Morgan fingerprint density at radius 1 is 1.08 bits per heavy atom. The average molecular weight is 364 g/mol. The average Bonchev–Trinajstić information content (AvgIpc) is 2.68. The van der Waals surface area contributed by atoms with Gasteiger partial charge in [-0.3, -0.25) is 9.69 Å². The molecule has 1 aromatic carbocycles. The molecule has 144 valence electrons. The number of hydrogen-bond acceptors (Lipinski definition) is 4. The van der Waals surface area contributed by atoms with Crippen molar-refractivity contribution in [3.63, 3.8) is 0 Å². The van der Waals surface area contributed by atoms with Crippen LogP contribution in [0.2, 0.25) is 0 Å². The quantitative estimate of drug-likeness (QED) is 0.743. The van der Waals surface area contributed by atoms with Crippen LogP contribution in [0.4, 0.5) is 4.39 Å². The van der Waals surface area contributed by atoms with Crippen LogP contribution in [-0.2, 0) is 20.7 Å². The van der Waals surface area contributed by atoms with Gasteiger partial charge in [0.25, 0.3) is 0 Å². The van der Waals surface area contributed by atoms with Gasteiger partial charge < -0.3 is 14.4 Å². The van der Waals surface area contributed by atoms with Crippen molar-refractivity contribution in [2.75, 3.05) is 52.6 Å². The maximum Gasteiger partial charge on any atom is 0.227 e. The number of carbonyl (C=O) groups is 1. The van der Waals surface area contributed by atoms with Crippen LogP contribution in [0, 0.1) is 5.82 Å². The molecule has 2 saturated heterocycles. The molecule has 1 amide bonds. The molecule has 0 saturated carbocycles. The molecule has 2 aliphatic heterocycles. The van der Waals surface area contributed by atoms with Crippen LogP contribution in [-0.4, -0.2) is 74.4 Å². The second-order valence-electron chi connectivity index (χ2n) is 7.04. The van der Waals surface area contributed by atoms with Gasteiger partial charge in [-0.05, 0) is 37.0 Å². The standard InChI is InChI=1S/C20H29FN2O3/c21-18-4-2-17(3-5-18)16-20(24)23(19-6-12-25-13-7-19)9-1-8-22-10-14-26-15-11-22/h2-5,19H,1,6-16H2. The van der Waals surface area contributed by atoms with E-state index in [2.05, 4.69) is 4.90 Å². The number of halogens is 1. The fraction of sp³-hybridized carbons (Fsp3) is 0.650. The third kappa shape index (κ3) is 5.76. The fourth-order valence-electron chi connectivity index (χ4n) is 3.68. The minimum absolute atomic E-state index is 0.130. The zero-order valence-electron chi connectivity index (χ0n) is 15.4. The van der Waals surface area contributed by atoms with E-state index < -0.39 is 0 Å². The number of benzene rings is 1. The third-order valence-electron chi connectivity index (χ3n) is 5.20. The van der Waals surface area contributed by atoms with Crippen LogP contribution in [0.15, 0.2) is 24.3 Å². The molecule has 0 spiro atoms. The molecule has 0 N–H and O–H groups in total. The van der Waals surface area contributed by atoms with E-state index in [0.29, 0.717) is 19.6 Å². The van der Waals surface area contributed by atoms with Gasteiger partial charge in [0.1, 0.15) is 5.82 Å². The molecule has 5 nitrogen and oxygen atoms in total. The number of amides is 1. The molecule has 0 radical (unpaired) electrons. The summed E-state index contributed by atoms with van der Waals surface area (Å²) in [6.07, 6.45) is 3.08. The van der Waals surface area contributed by atoms with Crippen LogP contribution >= 0.6 is 0 Å². The van der Waals surface area contributed by atoms with E-state index in [-0.39, 0.29) is 17.8 Å². The normalized spacial score (nSPS) is 19.4. The minimum atomic E-state index is -0.270. The van der Waals surface area contributed by atoms with E-state index in [1.54, 1.807) is 12.1 Å². The van der Waals surface area contributed by atoms with Crippen LogP contribution < -0.4 is 0 Å². The van der Waals surface area contributed by atoms with Gasteiger partial charge in [0.15, 0.2) is 0 Å². The zero-order chi connectivity index (χ0) is 18.2. The van der Waals surface area contributed by atoms with Crippen molar-refractivity contribution in [2.24, 2.45) is 0 Å². The second kappa shape index (κ2) is 10.00. The van der Waals surface area contributed by atoms with Crippen molar-refractivity contribution in [2.45, 2.75) is 31.7 Å². The van der Waals surface area contributed by atoms with E-state index in [4.69, 9.17) is 9.47 Å². The topological polar surface area (TPSA) is 42.0 Å². The van der Waals surface area contributed by atoms with Gasteiger partial charge in [-0.1, -0.05) is 12.1 Å². The predicted octanol–water partition coefficient (Wildman–Crippen LogP) is 2.10. The fourth-order valence-corrected chi connectivity index (χ4v) is 3.68. The van der Waals surface area contributed by atoms with E-state index >= 15 is 0 Å². The Kier molecular flexibility index (Phi) is 7.41. The van der Waals surface area contributed by atoms with Gasteiger partial charge in [0.05, 0.1) is 19.6 Å². The van der Waals surface area contributed by atoms with Crippen molar-refractivity contribution >= 4 is 5.91 Å². The Morgan fingerprint density at radius 3 is 2.42 bits per heavy atom. The van der Waals surface area contributed by atoms with Gasteiger partial charge in [-0.25, -0.2) is 4.39 Å². The van der Waals surface area contributed by atoms with Crippen molar-refractivity contribution in [1.82, 2.24) is 9.80 Å². The number of carbonyl (C=O) groups excluding carboxylic acids is 1. The Bertz CT molecular complexity index is 555. The van der Waals surface area contributed by atoms with Gasteiger partial charge in [0.2, 0.25) is 5.91 Å². The Balaban J connectivity index is 1.56. The molecule has 0 atom stereocenters. The molecule has 26 heavy (non-hydrogen) atoms. The highest BCUT2D eigenvalue weighted by molar-refractivity contribution is 5.79. The van der Waals surface area contributed by atoms with Gasteiger partial charge in [0, 0.05) is 45.4 Å². The molecule has 6 heteroatoms. The summed E-state index contributed by atoms with van der Waals surface area (Å²) in [5.41, 5.74) is 0.863. The van der Waals surface area contributed by atoms with Crippen molar-refractivity contribution in [3.8, 4) is 0 Å². The van der Waals surface area contributed by atoms with Crippen molar-refractivity contribution in [1.29, 1.82) is 0 Å². The Labute approximate surface area is 155 Å². The van der Waals surface area contributed by atoms with Crippen LogP contribution in [0.3, 0.4) is 0 Å². The van der Waals surface area contributed by atoms with Crippen LogP contribution in [0.25, 0.3) is 0 Å². The highest BCUT2D eigenvalue weighted by Crippen LogP contribution is 2.17. The molecule has 0 aromatic heterocycles. The Hall–Kier alpha value is -1.50. The Morgan fingerprint density at radius 2 is 1.73 bits per heavy atom. The summed E-state index contributed by atoms with van der Waals surface area (Å²) in [7, 11) is 0. The smallest absolute Gasteiger partial charge is 0.227 e. The second-order valence-corrected chi connectivity index (χ2v) is 7.04. The highest BCUT2D eigenvalue weighted by atomic mass is 19.1. The first-order chi connectivity index (χ1) is 12.7. The molecule has 0 unspecified atom stereocenters. The summed E-state index contributed by atoms with van der Waals surface area (Å²) in [6.45, 7) is 6.74. The lowest BCUT2D eigenvalue weighted by Crippen LogP contribution is -2.46. The van der Waals surface area contributed by atoms with Crippen LogP contribution in [0.1, 0.15) is 24.8 Å². The number of ether oxygens (including phenoxy) is 2. The molecule has 2 heterocycles.